The van der Waals surface area contributed by atoms with Gasteiger partial charge in [-0.2, -0.15) is 0 Å². The Morgan fingerprint density at radius 1 is 1.40 bits per heavy atom. The molecule has 0 aromatic heterocycles. The Bertz CT molecular complexity index is 521. The Balaban J connectivity index is 1.75. The molecule has 2 fully saturated rings. The molecule has 0 radical (unpaired) electrons. The maximum Gasteiger partial charge on any atom is 0.256 e. The third-order valence-corrected chi connectivity index (χ3v) is 4.40. The first-order chi connectivity index (χ1) is 9.69. The van der Waals surface area contributed by atoms with E-state index in [9.17, 15) is 9.18 Å². The SMILES string of the molecule is COc1ccc(C(=O)N2CCC3CNCC3C2)c(F)c1. The minimum Gasteiger partial charge on any atom is -0.497 e. The van der Waals surface area contributed by atoms with Crippen molar-refractivity contribution in [1.82, 2.24) is 10.2 Å². The van der Waals surface area contributed by atoms with Crippen molar-refractivity contribution in [3.05, 3.63) is 29.6 Å². The molecule has 0 spiro atoms. The monoisotopic (exact) mass is 278 g/mol. The van der Waals surface area contributed by atoms with Gasteiger partial charge < -0.3 is 15.0 Å². The van der Waals surface area contributed by atoms with E-state index >= 15 is 0 Å². The summed E-state index contributed by atoms with van der Waals surface area (Å²) in [4.78, 5) is 14.2. The molecule has 2 aliphatic rings. The fourth-order valence-electron chi connectivity index (χ4n) is 3.19. The van der Waals surface area contributed by atoms with Crippen LogP contribution in [-0.4, -0.2) is 44.1 Å². The number of fused-ring (bicyclic) bond motifs is 1. The lowest BCUT2D eigenvalue weighted by Gasteiger charge is -2.34. The van der Waals surface area contributed by atoms with E-state index in [4.69, 9.17) is 4.74 Å². The van der Waals surface area contributed by atoms with Crippen molar-refractivity contribution < 1.29 is 13.9 Å². The summed E-state index contributed by atoms with van der Waals surface area (Å²) >= 11 is 0. The number of benzene rings is 1. The van der Waals surface area contributed by atoms with Crippen molar-refractivity contribution in [2.45, 2.75) is 6.42 Å². The molecule has 2 saturated heterocycles. The first-order valence-corrected chi connectivity index (χ1v) is 7.02. The van der Waals surface area contributed by atoms with Gasteiger partial charge in [-0.3, -0.25) is 4.79 Å². The average Bonchev–Trinajstić information content (AvgIpc) is 2.93. The van der Waals surface area contributed by atoms with Crippen molar-refractivity contribution in [1.29, 1.82) is 0 Å². The number of amides is 1. The van der Waals surface area contributed by atoms with Crippen LogP contribution in [0, 0.1) is 17.7 Å². The van der Waals surface area contributed by atoms with Gasteiger partial charge in [0.25, 0.3) is 5.91 Å². The zero-order chi connectivity index (χ0) is 14.1. The number of ether oxygens (including phenoxy) is 1. The van der Waals surface area contributed by atoms with E-state index in [1.54, 1.807) is 11.0 Å². The van der Waals surface area contributed by atoms with Gasteiger partial charge in [0.1, 0.15) is 11.6 Å². The van der Waals surface area contributed by atoms with Crippen LogP contribution in [-0.2, 0) is 0 Å². The van der Waals surface area contributed by atoms with Gasteiger partial charge in [0.2, 0.25) is 0 Å². The minimum absolute atomic E-state index is 0.134. The zero-order valence-electron chi connectivity index (χ0n) is 11.6. The van der Waals surface area contributed by atoms with E-state index in [1.165, 1.54) is 19.2 Å². The summed E-state index contributed by atoms with van der Waals surface area (Å²) in [6, 6.07) is 4.40. The maximum absolute atomic E-state index is 14.0. The number of hydrogen-bond donors (Lipinski definition) is 1. The maximum atomic E-state index is 14.0. The topological polar surface area (TPSA) is 41.6 Å². The van der Waals surface area contributed by atoms with Gasteiger partial charge >= 0.3 is 0 Å². The molecule has 5 heteroatoms. The molecule has 1 aromatic rings. The van der Waals surface area contributed by atoms with Gasteiger partial charge in [-0.05, 0) is 43.5 Å². The summed E-state index contributed by atoms with van der Waals surface area (Å²) in [7, 11) is 1.48. The van der Waals surface area contributed by atoms with Gasteiger partial charge in [0, 0.05) is 19.2 Å². The van der Waals surface area contributed by atoms with Crippen molar-refractivity contribution in [2.75, 3.05) is 33.3 Å². The van der Waals surface area contributed by atoms with Crippen molar-refractivity contribution in [3.63, 3.8) is 0 Å². The number of methoxy groups -OCH3 is 1. The molecule has 4 nitrogen and oxygen atoms in total. The Labute approximate surface area is 117 Å². The van der Waals surface area contributed by atoms with E-state index in [0.29, 0.717) is 24.1 Å². The van der Waals surface area contributed by atoms with Crippen molar-refractivity contribution in [3.8, 4) is 5.75 Å². The molecule has 1 aromatic carbocycles. The lowest BCUT2D eigenvalue weighted by molar-refractivity contribution is 0.0638. The highest BCUT2D eigenvalue weighted by Gasteiger charge is 2.35. The quantitative estimate of drug-likeness (QED) is 0.891. The number of likely N-dealkylation sites (tertiary alicyclic amines) is 1. The van der Waals surface area contributed by atoms with Gasteiger partial charge in [-0.25, -0.2) is 4.39 Å². The Hall–Kier alpha value is -1.62. The summed E-state index contributed by atoms with van der Waals surface area (Å²) in [5, 5.41) is 3.36. The van der Waals surface area contributed by atoms with Crippen LogP contribution in [0.5, 0.6) is 5.75 Å². The third-order valence-electron chi connectivity index (χ3n) is 4.40. The molecule has 1 amide bonds. The highest BCUT2D eigenvalue weighted by molar-refractivity contribution is 5.94. The average molecular weight is 278 g/mol. The molecule has 2 aliphatic heterocycles. The predicted molar refractivity (Wildman–Crippen MR) is 73.3 cm³/mol. The lowest BCUT2D eigenvalue weighted by Crippen LogP contribution is -2.43. The molecule has 0 aliphatic carbocycles. The Morgan fingerprint density at radius 3 is 2.95 bits per heavy atom. The molecule has 0 bridgehead atoms. The fraction of sp³-hybridized carbons (Fsp3) is 0.533. The van der Waals surface area contributed by atoms with Crippen molar-refractivity contribution >= 4 is 5.91 Å². The summed E-state index contributed by atoms with van der Waals surface area (Å²) in [5.41, 5.74) is 0.134. The number of rotatable bonds is 2. The van der Waals surface area contributed by atoms with Crippen LogP contribution >= 0.6 is 0 Å². The molecular weight excluding hydrogens is 259 g/mol. The van der Waals surface area contributed by atoms with Gasteiger partial charge in [0.05, 0.1) is 12.7 Å². The second kappa shape index (κ2) is 5.40. The van der Waals surface area contributed by atoms with E-state index in [0.717, 1.165) is 26.1 Å². The van der Waals surface area contributed by atoms with Crippen LogP contribution in [0.15, 0.2) is 18.2 Å². The summed E-state index contributed by atoms with van der Waals surface area (Å²) in [6.45, 7) is 3.44. The summed E-state index contributed by atoms with van der Waals surface area (Å²) in [6.07, 6.45) is 1.00. The Kier molecular flexibility index (Phi) is 3.61. The molecule has 3 rings (SSSR count). The molecule has 0 saturated carbocycles. The zero-order valence-corrected chi connectivity index (χ0v) is 11.6. The van der Waals surface area contributed by atoms with Gasteiger partial charge in [-0.1, -0.05) is 0 Å². The number of nitrogens with one attached hydrogen (secondary N) is 1. The molecule has 108 valence electrons. The molecular formula is C15H19FN2O2. The van der Waals surface area contributed by atoms with Crippen LogP contribution in [0.3, 0.4) is 0 Å². The highest BCUT2D eigenvalue weighted by Crippen LogP contribution is 2.28. The first-order valence-electron chi connectivity index (χ1n) is 7.02. The van der Waals surface area contributed by atoms with E-state index in [-0.39, 0.29) is 11.5 Å². The molecule has 20 heavy (non-hydrogen) atoms. The lowest BCUT2D eigenvalue weighted by atomic mass is 9.88. The van der Waals surface area contributed by atoms with Gasteiger partial charge in [0.15, 0.2) is 0 Å². The van der Waals surface area contributed by atoms with Crippen LogP contribution < -0.4 is 10.1 Å². The summed E-state index contributed by atoms with van der Waals surface area (Å²) in [5.74, 6) is 0.878. The van der Waals surface area contributed by atoms with Crippen LogP contribution in [0.2, 0.25) is 0 Å². The fourth-order valence-corrected chi connectivity index (χ4v) is 3.19. The standard InChI is InChI=1S/C15H19FN2O2/c1-20-12-2-3-13(14(16)6-12)15(19)18-5-4-10-7-17-8-11(10)9-18/h2-3,6,10-11,17H,4-5,7-9H2,1H3. The van der Waals surface area contributed by atoms with Crippen molar-refractivity contribution in [2.24, 2.45) is 11.8 Å². The molecule has 2 unspecified atom stereocenters. The minimum atomic E-state index is -0.513. The van der Waals surface area contributed by atoms with Gasteiger partial charge in [-0.15, -0.1) is 0 Å². The predicted octanol–water partition coefficient (Wildman–Crippen LogP) is 1.52. The first kappa shape index (κ1) is 13.4. The van der Waals surface area contributed by atoms with E-state index < -0.39 is 5.82 Å². The second-order valence-electron chi connectivity index (χ2n) is 5.56. The summed E-state index contributed by atoms with van der Waals surface area (Å²) < 4.78 is 18.9. The largest absolute Gasteiger partial charge is 0.497 e. The normalized spacial score (nSPS) is 25.4. The van der Waals surface area contributed by atoms with Crippen LogP contribution in [0.1, 0.15) is 16.8 Å². The van der Waals surface area contributed by atoms with Crippen LogP contribution in [0.4, 0.5) is 4.39 Å². The van der Waals surface area contributed by atoms with Crippen LogP contribution in [0.25, 0.3) is 0 Å². The highest BCUT2D eigenvalue weighted by atomic mass is 19.1. The van der Waals surface area contributed by atoms with E-state index in [1.807, 2.05) is 0 Å². The smallest absolute Gasteiger partial charge is 0.256 e. The molecule has 1 N–H and O–H groups in total. The number of hydrogen-bond acceptors (Lipinski definition) is 3. The number of piperidine rings is 1. The molecule has 2 heterocycles. The number of carbonyl (C=O) groups is 1. The number of nitrogens with zero attached hydrogens (tertiary/aromatic N) is 1. The number of halogens is 1. The van der Waals surface area contributed by atoms with E-state index in [2.05, 4.69) is 5.32 Å². The third kappa shape index (κ3) is 2.38. The number of carbonyl (C=O) groups excluding carboxylic acids is 1. The second-order valence-corrected chi connectivity index (χ2v) is 5.56. The molecule has 2 atom stereocenters. The Morgan fingerprint density at radius 2 is 2.20 bits per heavy atom.